The van der Waals surface area contributed by atoms with E-state index in [0.29, 0.717) is 11.5 Å². The molecule has 0 saturated carbocycles. The van der Waals surface area contributed by atoms with Crippen molar-refractivity contribution in [3.8, 4) is 11.5 Å². The Bertz CT molecular complexity index is 1070. The van der Waals surface area contributed by atoms with Gasteiger partial charge in [0.2, 0.25) is 20.0 Å². The topological polar surface area (TPSA) is 154 Å². The summed E-state index contributed by atoms with van der Waals surface area (Å²) in [6.45, 7) is 2.53. The molecule has 0 atom stereocenters. The van der Waals surface area contributed by atoms with Crippen LogP contribution < -0.4 is 14.2 Å². The molecule has 2 N–H and O–H groups in total. The molecule has 2 aromatic carbocycles. The summed E-state index contributed by atoms with van der Waals surface area (Å²) < 4.78 is 68.1. The van der Waals surface area contributed by atoms with Crippen molar-refractivity contribution in [3.63, 3.8) is 0 Å². The van der Waals surface area contributed by atoms with E-state index >= 15 is 0 Å². The first-order valence-corrected chi connectivity index (χ1v) is 12.7. The van der Waals surface area contributed by atoms with Crippen molar-refractivity contribution in [2.45, 2.75) is 23.6 Å². The van der Waals surface area contributed by atoms with Gasteiger partial charge in [-0.1, -0.05) is 0 Å². The zero-order valence-electron chi connectivity index (χ0n) is 17.9. The molecule has 0 fully saturated rings. The molecule has 0 bridgehead atoms. The summed E-state index contributed by atoms with van der Waals surface area (Å²) in [5.41, 5.74) is 0. The lowest BCUT2D eigenvalue weighted by Crippen LogP contribution is -2.30. The average molecular weight is 501 g/mol. The van der Waals surface area contributed by atoms with Crippen molar-refractivity contribution >= 4 is 32.0 Å². The van der Waals surface area contributed by atoms with Crippen LogP contribution in [-0.4, -0.2) is 55.1 Å². The lowest BCUT2D eigenvalue weighted by Gasteiger charge is -2.10. The summed E-state index contributed by atoms with van der Waals surface area (Å²) in [6, 6.07) is 10.8. The fourth-order valence-corrected chi connectivity index (χ4v) is 4.35. The maximum Gasteiger partial charge on any atom is 0.321 e. The summed E-state index contributed by atoms with van der Waals surface area (Å²) in [4.78, 5) is 22.5. The molecule has 0 aliphatic carbocycles. The van der Waals surface area contributed by atoms with E-state index in [1.54, 1.807) is 13.8 Å². The molecule has 180 valence electrons. The summed E-state index contributed by atoms with van der Waals surface area (Å²) in [7, 11) is -7.83. The largest absolute Gasteiger partial charge is 0.465 e. The molecule has 2 aromatic rings. The number of ether oxygens (including phenoxy) is 3. The molecule has 0 saturated heterocycles. The number of rotatable bonds is 12. The quantitative estimate of drug-likeness (QED) is 0.409. The highest BCUT2D eigenvalue weighted by atomic mass is 32.2. The standard InChI is InChI=1S/C20H24N2O9S2/c1-3-29-19(23)13-21-32(25,26)17-9-5-15(6-10-17)31-16-7-11-18(12-8-16)33(27,28)22-14-20(24)30-4-2/h5-12,21-22H,3-4,13-14H2,1-2H3. The first-order chi connectivity index (χ1) is 15.6. The van der Waals surface area contributed by atoms with Crippen molar-refractivity contribution in [3.05, 3.63) is 48.5 Å². The molecule has 0 aromatic heterocycles. The van der Waals surface area contributed by atoms with E-state index in [-0.39, 0.29) is 23.0 Å². The van der Waals surface area contributed by atoms with Gasteiger partial charge in [-0.3, -0.25) is 9.59 Å². The van der Waals surface area contributed by atoms with E-state index in [1.807, 2.05) is 0 Å². The number of nitrogens with one attached hydrogen (secondary N) is 2. The predicted octanol–water partition coefficient (Wildman–Crippen LogP) is 1.16. The number of hydrogen-bond acceptors (Lipinski definition) is 9. The van der Waals surface area contributed by atoms with Gasteiger partial charge in [0.05, 0.1) is 23.0 Å². The van der Waals surface area contributed by atoms with E-state index in [0.717, 1.165) is 0 Å². The van der Waals surface area contributed by atoms with Crippen LogP contribution >= 0.6 is 0 Å². The minimum atomic E-state index is -3.91. The third kappa shape index (κ3) is 8.13. The molecule has 0 aliphatic heterocycles. The van der Waals surface area contributed by atoms with Gasteiger partial charge in [0.25, 0.3) is 0 Å². The van der Waals surface area contributed by atoms with Gasteiger partial charge in [0.15, 0.2) is 0 Å². The van der Waals surface area contributed by atoms with Crippen LogP contribution in [-0.2, 0) is 39.1 Å². The number of carbonyl (C=O) groups excluding carboxylic acids is 2. The van der Waals surface area contributed by atoms with Gasteiger partial charge >= 0.3 is 11.9 Å². The van der Waals surface area contributed by atoms with Crippen LogP contribution in [0.15, 0.2) is 58.3 Å². The number of carbonyl (C=O) groups is 2. The maximum atomic E-state index is 12.2. The van der Waals surface area contributed by atoms with Crippen LogP contribution in [0.1, 0.15) is 13.8 Å². The van der Waals surface area contributed by atoms with Gasteiger partial charge in [-0.05, 0) is 62.4 Å². The molecule has 11 nitrogen and oxygen atoms in total. The number of sulfonamides is 2. The molecule has 33 heavy (non-hydrogen) atoms. The van der Waals surface area contributed by atoms with Crippen LogP contribution in [0.2, 0.25) is 0 Å². The summed E-state index contributed by atoms with van der Waals surface area (Å²) in [5.74, 6) is -0.782. The van der Waals surface area contributed by atoms with Crippen LogP contribution in [0, 0.1) is 0 Å². The Morgan fingerprint density at radius 1 is 0.667 bits per heavy atom. The van der Waals surface area contributed by atoms with Gasteiger partial charge in [-0.2, -0.15) is 9.44 Å². The Morgan fingerprint density at radius 3 is 1.30 bits per heavy atom. The van der Waals surface area contributed by atoms with Crippen molar-refractivity contribution in [2.75, 3.05) is 26.3 Å². The zero-order valence-corrected chi connectivity index (χ0v) is 19.6. The second-order valence-corrected chi connectivity index (χ2v) is 9.84. The summed E-state index contributed by atoms with van der Waals surface area (Å²) >= 11 is 0. The lowest BCUT2D eigenvalue weighted by atomic mass is 10.3. The van der Waals surface area contributed by atoms with E-state index in [4.69, 9.17) is 4.74 Å². The minimum absolute atomic E-state index is 0.0757. The molecule has 13 heteroatoms. The predicted molar refractivity (Wildman–Crippen MR) is 117 cm³/mol. The van der Waals surface area contributed by atoms with E-state index in [1.165, 1.54) is 48.5 Å². The number of hydrogen-bond donors (Lipinski definition) is 2. The van der Waals surface area contributed by atoms with E-state index in [9.17, 15) is 26.4 Å². The Morgan fingerprint density at radius 2 is 1.00 bits per heavy atom. The van der Waals surface area contributed by atoms with Gasteiger partial charge < -0.3 is 14.2 Å². The van der Waals surface area contributed by atoms with Crippen molar-refractivity contribution in [2.24, 2.45) is 0 Å². The Balaban J connectivity index is 2.00. The molecule has 2 rings (SSSR count). The van der Waals surface area contributed by atoms with Crippen LogP contribution in [0.25, 0.3) is 0 Å². The van der Waals surface area contributed by atoms with Gasteiger partial charge in [-0.15, -0.1) is 0 Å². The minimum Gasteiger partial charge on any atom is -0.465 e. The highest BCUT2D eigenvalue weighted by molar-refractivity contribution is 7.89. The van der Waals surface area contributed by atoms with Crippen LogP contribution in [0.4, 0.5) is 0 Å². The lowest BCUT2D eigenvalue weighted by molar-refractivity contribution is -0.142. The normalized spacial score (nSPS) is 11.6. The van der Waals surface area contributed by atoms with Gasteiger partial charge in [-0.25, -0.2) is 16.8 Å². The molecular formula is C20H24N2O9S2. The SMILES string of the molecule is CCOC(=O)CNS(=O)(=O)c1ccc(Oc2ccc(S(=O)(=O)NCC(=O)OCC)cc2)cc1. The third-order valence-corrected chi connectivity index (χ3v) is 6.76. The van der Waals surface area contributed by atoms with Crippen LogP contribution in [0.5, 0.6) is 11.5 Å². The Hall–Kier alpha value is -3.00. The molecule has 0 amide bonds. The molecule has 0 heterocycles. The number of benzene rings is 2. The smallest absolute Gasteiger partial charge is 0.321 e. The zero-order chi connectivity index (χ0) is 24.5. The molecule has 0 unspecified atom stereocenters. The summed E-state index contributed by atoms with van der Waals surface area (Å²) in [6.07, 6.45) is 0. The Labute approximate surface area is 192 Å². The molecule has 0 aliphatic rings. The highest BCUT2D eigenvalue weighted by Gasteiger charge is 2.17. The second kappa shape index (κ2) is 11.7. The summed E-state index contributed by atoms with van der Waals surface area (Å²) in [5, 5.41) is 0. The maximum absolute atomic E-state index is 12.2. The van der Waals surface area contributed by atoms with Gasteiger partial charge in [0, 0.05) is 0 Å². The molecule has 0 spiro atoms. The van der Waals surface area contributed by atoms with Crippen molar-refractivity contribution < 1.29 is 40.6 Å². The fraction of sp³-hybridized carbons (Fsp3) is 0.300. The third-order valence-electron chi connectivity index (χ3n) is 3.93. The van der Waals surface area contributed by atoms with E-state index in [2.05, 4.69) is 18.9 Å². The molecule has 0 radical (unpaired) electrons. The highest BCUT2D eigenvalue weighted by Crippen LogP contribution is 2.24. The molecular weight excluding hydrogens is 476 g/mol. The second-order valence-electron chi connectivity index (χ2n) is 6.30. The average Bonchev–Trinajstić information content (AvgIpc) is 2.78. The van der Waals surface area contributed by atoms with Crippen LogP contribution in [0.3, 0.4) is 0 Å². The van der Waals surface area contributed by atoms with Crippen molar-refractivity contribution in [1.29, 1.82) is 0 Å². The number of esters is 2. The Kier molecular flexibility index (Phi) is 9.34. The van der Waals surface area contributed by atoms with E-state index < -0.39 is 45.1 Å². The monoisotopic (exact) mass is 500 g/mol. The first-order valence-electron chi connectivity index (χ1n) is 9.76. The van der Waals surface area contributed by atoms with Crippen molar-refractivity contribution in [1.82, 2.24) is 9.44 Å². The van der Waals surface area contributed by atoms with Gasteiger partial charge in [0.1, 0.15) is 24.6 Å². The fourth-order valence-electron chi connectivity index (χ4n) is 2.41. The first kappa shape index (κ1) is 26.3.